The number of benzene rings is 1. The monoisotopic (exact) mass is 300 g/mol. The van der Waals surface area contributed by atoms with Crippen LogP contribution in [0, 0.1) is 0 Å². The van der Waals surface area contributed by atoms with Crippen LogP contribution in [-0.2, 0) is 6.42 Å². The van der Waals surface area contributed by atoms with Crippen LogP contribution < -0.4 is 0 Å². The highest BCUT2D eigenvalue weighted by atomic mass is 35.5. The van der Waals surface area contributed by atoms with Gasteiger partial charge in [-0.3, -0.25) is 4.68 Å². The van der Waals surface area contributed by atoms with Gasteiger partial charge in [0.05, 0.1) is 17.9 Å². The van der Waals surface area contributed by atoms with Crippen molar-refractivity contribution in [3.05, 3.63) is 58.9 Å². The zero-order chi connectivity index (χ0) is 14.8. The van der Waals surface area contributed by atoms with Crippen LogP contribution in [0.4, 0.5) is 0 Å². The van der Waals surface area contributed by atoms with E-state index in [4.69, 9.17) is 11.6 Å². The normalized spacial score (nSPS) is 14.4. The summed E-state index contributed by atoms with van der Waals surface area (Å²) in [6.45, 7) is 6.49. The summed E-state index contributed by atoms with van der Waals surface area (Å²) in [5.74, 6) is 0. The molecule has 0 atom stereocenters. The molecule has 0 amide bonds. The van der Waals surface area contributed by atoms with E-state index in [-0.39, 0.29) is 0 Å². The summed E-state index contributed by atoms with van der Waals surface area (Å²) >= 11 is 5.96. The van der Waals surface area contributed by atoms with Gasteiger partial charge in [0.2, 0.25) is 0 Å². The molecule has 1 saturated carbocycles. The second kappa shape index (κ2) is 6.07. The van der Waals surface area contributed by atoms with Gasteiger partial charge in [0.1, 0.15) is 0 Å². The molecule has 2 nitrogen and oxygen atoms in total. The number of aromatic nitrogens is 2. The molecule has 1 fully saturated rings. The number of nitrogens with zero attached hydrogens (tertiary/aromatic N) is 2. The molecular weight excluding hydrogens is 280 g/mol. The van der Waals surface area contributed by atoms with Gasteiger partial charge in [0, 0.05) is 17.0 Å². The highest BCUT2D eigenvalue weighted by Gasteiger charge is 2.28. The van der Waals surface area contributed by atoms with Crippen molar-refractivity contribution in [1.29, 1.82) is 0 Å². The minimum absolute atomic E-state index is 0.590. The van der Waals surface area contributed by atoms with E-state index in [1.165, 1.54) is 35.2 Å². The van der Waals surface area contributed by atoms with E-state index in [2.05, 4.69) is 35.4 Å². The highest BCUT2D eigenvalue weighted by molar-refractivity contribution is 6.30. The molecule has 2 aromatic rings. The third-order valence-corrected chi connectivity index (χ3v) is 4.21. The number of allylic oxidation sites excluding steroid dienone is 1. The van der Waals surface area contributed by atoms with Gasteiger partial charge in [-0.05, 0) is 42.5 Å². The lowest BCUT2D eigenvalue weighted by molar-refractivity contribution is 0.630. The van der Waals surface area contributed by atoms with Crippen molar-refractivity contribution in [2.45, 2.75) is 45.1 Å². The first-order valence-corrected chi connectivity index (χ1v) is 8.05. The zero-order valence-corrected chi connectivity index (χ0v) is 13.2. The molecule has 1 aliphatic rings. The molecule has 21 heavy (non-hydrogen) atoms. The van der Waals surface area contributed by atoms with E-state index in [0.717, 1.165) is 24.3 Å². The summed E-state index contributed by atoms with van der Waals surface area (Å²) < 4.78 is 2.20. The third-order valence-electron chi connectivity index (χ3n) is 3.96. The SMILES string of the molecule is C=C(CCC)c1c(Cc2ccc(Cl)cc2)cnn1C1CC1. The summed E-state index contributed by atoms with van der Waals surface area (Å²) in [6, 6.07) is 8.66. The number of hydrogen-bond donors (Lipinski definition) is 0. The van der Waals surface area contributed by atoms with Crippen LogP contribution >= 0.6 is 11.6 Å². The van der Waals surface area contributed by atoms with Gasteiger partial charge in [-0.25, -0.2) is 0 Å². The van der Waals surface area contributed by atoms with Crippen LogP contribution in [0.3, 0.4) is 0 Å². The van der Waals surface area contributed by atoms with Crippen molar-refractivity contribution in [2.24, 2.45) is 0 Å². The van der Waals surface area contributed by atoms with Crippen molar-refractivity contribution in [1.82, 2.24) is 9.78 Å². The van der Waals surface area contributed by atoms with E-state index in [1.54, 1.807) is 0 Å². The maximum atomic E-state index is 5.96. The van der Waals surface area contributed by atoms with Gasteiger partial charge in [-0.2, -0.15) is 5.10 Å². The molecule has 1 heterocycles. The van der Waals surface area contributed by atoms with E-state index in [0.29, 0.717) is 6.04 Å². The summed E-state index contributed by atoms with van der Waals surface area (Å²) in [5, 5.41) is 5.41. The zero-order valence-electron chi connectivity index (χ0n) is 12.5. The van der Waals surface area contributed by atoms with Gasteiger partial charge in [0.25, 0.3) is 0 Å². The quantitative estimate of drug-likeness (QED) is 0.710. The van der Waals surface area contributed by atoms with Crippen LogP contribution in [0.25, 0.3) is 5.57 Å². The van der Waals surface area contributed by atoms with E-state index >= 15 is 0 Å². The second-order valence-corrected chi connectivity index (χ2v) is 6.29. The number of halogens is 1. The van der Waals surface area contributed by atoms with Crippen molar-refractivity contribution >= 4 is 17.2 Å². The first kappa shape index (κ1) is 14.4. The van der Waals surface area contributed by atoms with Crippen LogP contribution in [0.1, 0.15) is 55.5 Å². The van der Waals surface area contributed by atoms with Gasteiger partial charge in [0.15, 0.2) is 0 Å². The summed E-state index contributed by atoms with van der Waals surface area (Å²) in [4.78, 5) is 0. The molecular formula is C18H21ClN2. The predicted molar refractivity (Wildman–Crippen MR) is 88.7 cm³/mol. The van der Waals surface area contributed by atoms with Gasteiger partial charge in [-0.1, -0.05) is 43.7 Å². The van der Waals surface area contributed by atoms with Crippen LogP contribution in [0.5, 0.6) is 0 Å². The molecule has 3 rings (SSSR count). The Labute approximate surface area is 131 Å². The summed E-state index contributed by atoms with van der Waals surface area (Å²) in [6.07, 6.45) is 7.55. The summed E-state index contributed by atoms with van der Waals surface area (Å²) in [7, 11) is 0. The first-order chi connectivity index (χ1) is 10.2. The van der Waals surface area contributed by atoms with E-state index < -0.39 is 0 Å². The number of rotatable bonds is 6. The smallest absolute Gasteiger partial charge is 0.0674 e. The topological polar surface area (TPSA) is 17.8 Å². The average Bonchev–Trinajstić information content (AvgIpc) is 3.23. The van der Waals surface area contributed by atoms with Crippen LogP contribution in [0.15, 0.2) is 37.0 Å². The molecule has 0 saturated heterocycles. The Morgan fingerprint density at radius 3 is 2.67 bits per heavy atom. The minimum Gasteiger partial charge on any atom is -0.262 e. The fraction of sp³-hybridized carbons (Fsp3) is 0.389. The largest absolute Gasteiger partial charge is 0.262 e. The maximum absolute atomic E-state index is 5.96. The molecule has 1 aromatic heterocycles. The van der Waals surface area contributed by atoms with Gasteiger partial charge in [-0.15, -0.1) is 0 Å². The molecule has 110 valence electrons. The Morgan fingerprint density at radius 2 is 2.05 bits per heavy atom. The molecule has 0 N–H and O–H groups in total. The second-order valence-electron chi connectivity index (χ2n) is 5.85. The van der Waals surface area contributed by atoms with Crippen LogP contribution in [0.2, 0.25) is 5.02 Å². The first-order valence-electron chi connectivity index (χ1n) is 7.68. The lowest BCUT2D eigenvalue weighted by Gasteiger charge is -2.11. The Morgan fingerprint density at radius 1 is 1.33 bits per heavy atom. The molecule has 0 bridgehead atoms. The van der Waals surface area contributed by atoms with E-state index in [1.807, 2.05) is 18.3 Å². The van der Waals surface area contributed by atoms with E-state index in [9.17, 15) is 0 Å². The lowest BCUT2D eigenvalue weighted by atomic mass is 10.00. The standard InChI is InChI=1S/C18H21ClN2/c1-3-4-13(2)18-15(12-20-21(18)17-9-10-17)11-14-5-7-16(19)8-6-14/h5-8,12,17H,2-4,9-11H2,1H3. The molecule has 0 radical (unpaired) electrons. The van der Waals surface area contributed by atoms with Gasteiger partial charge < -0.3 is 0 Å². The molecule has 0 aliphatic heterocycles. The Balaban J connectivity index is 1.90. The molecule has 0 spiro atoms. The number of hydrogen-bond acceptors (Lipinski definition) is 1. The third kappa shape index (κ3) is 3.21. The Hall–Kier alpha value is -1.54. The Kier molecular flexibility index (Phi) is 4.16. The summed E-state index contributed by atoms with van der Waals surface area (Å²) in [5.41, 5.74) is 5.02. The Bertz CT molecular complexity index is 636. The highest BCUT2D eigenvalue weighted by Crippen LogP contribution is 2.38. The lowest BCUT2D eigenvalue weighted by Crippen LogP contribution is -2.03. The average molecular weight is 301 g/mol. The fourth-order valence-corrected chi connectivity index (χ4v) is 2.88. The molecule has 1 aliphatic carbocycles. The minimum atomic E-state index is 0.590. The molecule has 1 aromatic carbocycles. The van der Waals surface area contributed by atoms with Crippen molar-refractivity contribution in [3.8, 4) is 0 Å². The van der Waals surface area contributed by atoms with Crippen molar-refractivity contribution in [3.63, 3.8) is 0 Å². The molecule has 0 unspecified atom stereocenters. The fourth-order valence-electron chi connectivity index (χ4n) is 2.75. The molecule has 3 heteroatoms. The van der Waals surface area contributed by atoms with Gasteiger partial charge >= 0.3 is 0 Å². The van der Waals surface area contributed by atoms with Crippen molar-refractivity contribution in [2.75, 3.05) is 0 Å². The predicted octanol–water partition coefficient (Wildman–Crippen LogP) is 5.28. The van der Waals surface area contributed by atoms with Crippen molar-refractivity contribution < 1.29 is 0 Å². The maximum Gasteiger partial charge on any atom is 0.0674 e. The van der Waals surface area contributed by atoms with Crippen LogP contribution in [-0.4, -0.2) is 9.78 Å².